The molecule has 2 aliphatic rings. The van der Waals surface area contributed by atoms with Gasteiger partial charge in [0.1, 0.15) is 0 Å². The third-order valence-electron chi connectivity index (χ3n) is 4.60. The normalized spacial score (nSPS) is 33.9. The predicted molar refractivity (Wildman–Crippen MR) is 71.0 cm³/mol. The van der Waals surface area contributed by atoms with E-state index in [0.29, 0.717) is 17.5 Å². The van der Waals surface area contributed by atoms with E-state index >= 15 is 0 Å². The molecule has 2 unspecified atom stereocenters. The number of piperidine rings is 1. The molecule has 3 heteroatoms. The first kappa shape index (κ1) is 13.3. The molecular formula is C14H28N2O. The van der Waals surface area contributed by atoms with Crippen molar-refractivity contribution in [1.29, 1.82) is 0 Å². The van der Waals surface area contributed by atoms with Crippen molar-refractivity contribution in [3.63, 3.8) is 0 Å². The summed E-state index contributed by atoms with van der Waals surface area (Å²) < 4.78 is 5.58. The Morgan fingerprint density at radius 1 is 1.12 bits per heavy atom. The van der Waals surface area contributed by atoms with Crippen molar-refractivity contribution in [1.82, 2.24) is 4.90 Å². The van der Waals surface area contributed by atoms with Gasteiger partial charge >= 0.3 is 0 Å². The van der Waals surface area contributed by atoms with Gasteiger partial charge in [0, 0.05) is 18.7 Å². The van der Waals surface area contributed by atoms with E-state index in [0.717, 1.165) is 25.6 Å². The summed E-state index contributed by atoms with van der Waals surface area (Å²) in [6.45, 7) is 11.2. The van der Waals surface area contributed by atoms with Crippen LogP contribution in [0.15, 0.2) is 0 Å². The molecule has 0 aromatic carbocycles. The summed E-state index contributed by atoms with van der Waals surface area (Å²) in [5, 5.41) is 0. The van der Waals surface area contributed by atoms with Gasteiger partial charge in [-0.3, -0.25) is 4.90 Å². The number of ether oxygens (including phenoxy) is 1. The second kappa shape index (κ2) is 5.25. The molecule has 2 saturated heterocycles. The van der Waals surface area contributed by atoms with Crippen molar-refractivity contribution >= 4 is 0 Å². The number of rotatable bonds is 1. The van der Waals surface area contributed by atoms with Gasteiger partial charge < -0.3 is 10.5 Å². The largest absolute Gasteiger partial charge is 0.380 e. The number of hydrogen-bond donors (Lipinski definition) is 1. The van der Waals surface area contributed by atoms with Gasteiger partial charge in [0.25, 0.3) is 0 Å². The van der Waals surface area contributed by atoms with E-state index in [1.807, 2.05) is 0 Å². The van der Waals surface area contributed by atoms with Gasteiger partial charge in [0.05, 0.1) is 6.61 Å². The maximum absolute atomic E-state index is 6.21. The third kappa shape index (κ3) is 3.21. The average molecular weight is 240 g/mol. The minimum Gasteiger partial charge on any atom is -0.380 e. The van der Waals surface area contributed by atoms with Crippen molar-refractivity contribution in [2.75, 3.05) is 26.3 Å². The molecule has 2 atom stereocenters. The van der Waals surface area contributed by atoms with Gasteiger partial charge in [-0.05, 0) is 43.7 Å². The number of nitrogens with two attached hydrogens (primary N) is 1. The Kier molecular flexibility index (Phi) is 4.11. The van der Waals surface area contributed by atoms with Gasteiger partial charge in [-0.15, -0.1) is 0 Å². The maximum Gasteiger partial charge on any atom is 0.0636 e. The lowest BCUT2D eigenvalue weighted by molar-refractivity contribution is -0.0143. The van der Waals surface area contributed by atoms with Gasteiger partial charge in [-0.1, -0.05) is 20.8 Å². The van der Waals surface area contributed by atoms with E-state index in [4.69, 9.17) is 10.5 Å². The quantitative estimate of drug-likeness (QED) is 0.760. The molecule has 2 fully saturated rings. The number of nitrogens with zero attached hydrogens (tertiary/aromatic N) is 1. The molecule has 0 aliphatic carbocycles. The maximum atomic E-state index is 6.21. The predicted octanol–water partition coefficient (Wildman–Crippen LogP) is 1.86. The van der Waals surface area contributed by atoms with Gasteiger partial charge in [0.15, 0.2) is 0 Å². The van der Waals surface area contributed by atoms with Gasteiger partial charge in [-0.2, -0.15) is 0 Å². The van der Waals surface area contributed by atoms with E-state index in [9.17, 15) is 0 Å². The standard InChI is InChI=1S/C14H28N2O/c1-14(2,3)11-4-7-16(8-5-11)13-10-17-9-6-12(13)15/h11-13H,4-10,15H2,1-3H3. The van der Waals surface area contributed by atoms with Crippen LogP contribution < -0.4 is 5.73 Å². The lowest BCUT2D eigenvalue weighted by atomic mass is 9.75. The Hall–Kier alpha value is -0.120. The molecule has 2 heterocycles. The molecular weight excluding hydrogens is 212 g/mol. The molecule has 0 spiro atoms. The summed E-state index contributed by atoms with van der Waals surface area (Å²) in [6, 6.07) is 0.777. The summed E-state index contributed by atoms with van der Waals surface area (Å²) in [6.07, 6.45) is 3.64. The zero-order valence-corrected chi connectivity index (χ0v) is 11.6. The van der Waals surface area contributed by atoms with Crippen LogP contribution >= 0.6 is 0 Å². The highest BCUT2D eigenvalue weighted by Crippen LogP contribution is 2.35. The number of hydrogen-bond acceptors (Lipinski definition) is 3. The molecule has 0 aromatic rings. The fourth-order valence-corrected chi connectivity index (χ4v) is 3.21. The average Bonchev–Trinajstić information content (AvgIpc) is 2.29. The first-order valence-electron chi connectivity index (χ1n) is 7.06. The van der Waals surface area contributed by atoms with Crippen LogP contribution in [-0.2, 0) is 4.74 Å². The van der Waals surface area contributed by atoms with E-state index in [1.165, 1.54) is 25.9 Å². The second-order valence-electron chi connectivity index (χ2n) is 6.77. The molecule has 2 N–H and O–H groups in total. The molecule has 0 radical (unpaired) electrons. The Labute approximate surface area is 106 Å². The van der Waals surface area contributed by atoms with Crippen LogP contribution in [0.4, 0.5) is 0 Å². The fourth-order valence-electron chi connectivity index (χ4n) is 3.21. The first-order valence-corrected chi connectivity index (χ1v) is 7.06. The molecule has 3 nitrogen and oxygen atoms in total. The zero-order chi connectivity index (χ0) is 12.5. The molecule has 2 aliphatic heterocycles. The van der Waals surface area contributed by atoms with Crippen molar-refractivity contribution in [3.8, 4) is 0 Å². The van der Waals surface area contributed by atoms with E-state index < -0.39 is 0 Å². The van der Waals surface area contributed by atoms with Crippen LogP contribution in [0.5, 0.6) is 0 Å². The van der Waals surface area contributed by atoms with Crippen molar-refractivity contribution in [3.05, 3.63) is 0 Å². The van der Waals surface area contributed by atoms with Crippen LogP contribution in [-0.4, -0.2) is 43.3 Å². The summed E-state index contributed by atoms with van der Waals surface area (Å²) in [5.41, 5.74) is 6.66. The molecule has 100 valence electrons. The highest BCUT2D eigenvalue weighted by Gasteiger charge is 2.34. The molecule has 0 bridgehead atoms. The Morgan fingerprint density at radius 3 is 2.29 bits per heavy atom. The van der Waals surface area contributed by atoms with Crippen LogP contribution in [0.3, 0.4) is 0 Å². The van der Waals surface area contributed by atoms with Gasteiger partial charge in [-0.25, -0.2) is 0 Å². The van der Waals surface area contributed by atoms with Crippen LogP contribution in [0, 0.1) is 11.3 Å². The second-order valence-corrected chi connectivity index (χ2v) is 6.77. The number of likely N-dealkylation sites (tertiary alicyclic amines) is 1. The SMILES string of the molecule is CC(C)(C)C1CCN(C2COCCC2N)CC1. The van der Waals surface area contributed by atoms with E-state index in [-0.39, 0.29) is 0 Å². The Balaban J connectivity index is 1.86. The summed E-state index contributed by atoms with van der Waals surface area (Å²) in [4.78, 5) is 2.56. The fraction of sp³-hybridized carbons (Fsp3) is 1.00. The highest BCUT2D eigenvalue weighted by atomic mass is 16.5. The molecule has 2 rings (SSSR count). The van der Waals surface area contributed by atoms with E-state index in [2.05, 4.69) is 25.7 Å². The minimum absolute atomic E-state index is 0.315. The van der Waals surface area contributed by atoms with Crippen LogP contribution in [0.2, 0.25) is 0 Å². The first-order chi connectivity index (χ1) is 7.98. The van der Waals surface area contributed by atoms with Crippen molar-refractivity contribution < 1.29 is 4.74 Å². The molecule has 0 aromatic heterocycles. The Bertz CT molecular complexity index is 241. The van der Waals surface area contributed by atoms with Crippen molar-refractivity contribution in [2.24, 2.45) is 17.1 Å². The smallest absolute Gasteiger partial charge is 0.0636 e. The summed E-state index contributed by atoms with van der Waals surface area (Å²) in [7, 11) is 0. The minimum atomic E-state index is 0.315. The van der Waals surface area contributed by atoms with E-state index in [1.54, 1.807) is 0 Å². The molecule has 0 saturated carbocycles. The third-order valence-corrected chi connectivity index (χ3v) is 4.60. The summed E-state index contributed by atoms with van der Waals surface area (Å²) in [5.74, 6) is 0.861. The topological polar surface area (TPSA) is 38.5 Å². The summed E-state index contributed by atoms with van der Waals surface area (Å²) >= 11 is 0. The van der Waals surface area contributed by atoms with Crippen molar-refractivity contribution in [2.45, 2.75) is 52.1 Å². The Morgan fingerprint density at radius 2 is 1.76 bits per heavy atom. The molecule has 0 amide bonds. The highest BCUT2D eigenvalue weighted by molar-refractivity contribution is 4.89. The van der Waals surface area contributed by atoms with Crippen LogP contribution in [0.25, 0.3) is 0 Å². The van der Waals surface area contributed by atoms with Gasteiger partial charge in [0.2, 0.25) is 0 Å². The molecule has 17 heavy (non-hydrogen) atoms. The lowest BCUT2D eigenvalue weighted by Gasteiger charge is -2.44. The van der Waals surface area contributed by atoms with Crippen LogP contribution in [0.1, 0.15) is 40.0 Å². The zero-order valence-electron chi connectivity index (χ0n) is 11.6. The lowest BCUT2D eigenvalue weighted by Crippen LogP contribution is -2.56. The monoisotopic (exact) mass is 240 g/mol.